The molecule has 0 fully saturated rings. The number of aryl methyl sites for hydroxylation is 1. The lowest BCUT2D eigenvalue weighted by molar-refractivity contribution is 1.29. The highest BCUT2D eigenvalue weighted by molar-refractivity contribution is 5.66. The molecule has 0 aliphatic carbocycles. The lowest BCUT2D eigenvalue weighted by Gasteiger charge is -2.04. The molecular weight excluding hydrogens is 146 g/mol. The Morgan fingerprint density at radius 3 is 2.42 bits per heavy atom. The molecule has 0 aliphatic heterocycles. The zero-order valence-electron chi connectivity index (χ0n) is 7.89. The van der Waals surface area contributed by atoms with Crippen molar-refractivity contribution in [3.63, 3.8) is 0 Å². The molecule has 64 valence electrons. The zero-order valence-corrected chi connectivity index (χ0v) is 7.89. The largest absolute Gasteiger partial charge is 0.402 e. The molecule has 0 aromatic heterocycles. The number of hydrogen-bond donors (Lipinski definition) is 1. The van der Waals surface area contributed by atoms with Crippen molar-refractivity contribution in [1.82, 2.24) is 0 Å². The van der Waals surface area contributed by atoms with Crippen LogP contribution in [0.25, 0.3) is 5.57 Å². The third kappa shape index (κ3) is 1.88. The van der Waals surface area contributed by atoms with Crippen LogP contribution in [0.2, 0.25) is 0 Å². The van der Waals surface area contributed by atoms with Gasteiger partial charge in [-0.1, -0.05) is 29.8 Å². The van der Waals surface area contributed by atoms with Crippen LogP contribution in [-0.2, 0) is 0 Å². The number of nitrogens with two attached hydrogens (primary N) is 1. The van der Waals surface area contributed by atoms with Crippen LogP contribution in [-0.4, -0.2) is 0 Å². The van der Waals surface area contributed by atoms with Crippen molar-refractivity contribution in [2.24, 2.45) is 5.73 Å². The average Bonchev–Trinajstić information content (AvgIpc) is 2.03. The van der Waals surface area contributed by atoms with Gasteiger partial charge in [-0.15, -0.1) is 0 Å². The van der Waals surface area contributed by atoms with Gasteiger partial charge in [0.1, 0.15) is 0 Å². The highest BCUT2D eigenvalue weighted by Gasteiger charge is 1.96. The number of benzene rings is 1. The number of hydrogen-bond acceptors (Lipinski definition) is 1. The molecule has 0 atom stereocenters. The van der Waals surface area contributed by atoms with Gasteiger partial charge in [0.2, 0.25) is 0 Å². The lowest BCUT2D eigenvalue weighted by atomic mass is 10.0. The molecular formula is C11H15N. The molecule has 0 unspecified atom stereocenters. The van der Waals surface area contributed by atoms with Gasteiger partial charge in [0.05, 0.1) is 0 Å². The molecule has 1 nitrogen and oxygen atoms in total. The minimum atomic E-state index is 0.889. The van der Waals surface area contributed by atoms with E-state index in [2.05, 4.69) is 31.2 Å². The van der Waals surface area contributed by atoms with Crippen molar-refractivity contribution < 1.29 is 0 Å². The molecule has 1 heteroatoms. The Balaban J connectivity index is 3.13. The first-order valence-corrected chi connectivity index (χ1v) is 4.11. The van der Waals surface area contributed by atoms with Gasteiger partial charge in [0.25, 0.3) is 0 Å². The molecule has 12 heavy (non-hydrogen) atoms. The lowest BCUT2D eigenvalue weighted by Crippen LogP contribution is -1.95. The van der Waals surface area contributed by atoms with Crippen molar-refractivity contribution in [2.75, 3.05) is 0 Å². The fourth-order valence-corrected chi connectivity index (χ4v) is 1.11. The minimum absolute atomic E-state index is 0.889. The van der Waals surface area contributed by atoms with E-state index in [4.69, 9.17) is 5.73 Å². The van der Waals surface area contributed by atoms with E-state index in [1.165, 1.54) is 16.7 Å². The van der Waals surface area contributed by atoms with E-state index in [1.54, 1.807) is 0 Å². The molecule has 0 heterocycles. The zero-order chi connectivity index (χ0) is 9.14. The predicted octanol–water partition coefficient (Wildman–Crippen LogP) is 2.70. The molecule has 1 rings (SSSR count). The predicted molar refractivity (Wildman–Crippen MR) is 53.6 cm³/mol. The van der Waals surface area contributed by atoms with Crippen LogP contribution in [0, 0.1) is 6.92 Å². The summed E-state index contributed by atoms with van der Waals surface area (Å²) in [6.07, 6.45) is 0. The summed E-state index contributed by atoms with van der Waals surface area (Å²) in [6.45, 7) is 6.06. The molecule has 2 N–H and O–H groups in total. The Bertz CT molecular complexity index is 307. The van der Waals surface area contributed by atoms with Gasteiger partial charge < -0.3 is 5.73 Å². The third-order valence-corrected chi connectivity index (χ3v) is 2.04. The number of rotatable bonds is 1. The van der Waals surface area contributed by atoms with E-state index < -0.39 is 0 Å². The van der Waals surface area contributed by atoms with Gasteiger partial charge in [0.15, 0.2) is 0 Å². The molecule has 0 aliphatic rings. The van der Waals surface area contributed by atoms with Crippen LogP contribution in [0.4, 0.5) is 0 Å². The second-order valence-corrected chi connectivity index (χ2v) is 3.18. The average molecular weight is 161 g/mol. The van der Waals surface area contributed by atoms with Crippen LogP contribution in [0.15, 0.2) is 30.0 Å². The first-order valence-electron chi connectivity index (χ1n) is 4.11. The Kier molecular flexibility index (Phi) is 2.54. The maximum atomic E-state index is 5.70. The Morgan fingerprint density at radius 2 is 1.92 bits per heavy atom. The van der Waals surface area contributed by atoms with Crippen molar-refractivity contribution in [1.29, 1.82) is 0 Å². The summed E-state index contributed by atoms with van der Waals surface area (Å²) >= 11 is 0. The van der Waals surface area contributed by atoms with E-state index in [1.807, 2.05) is 13.8 Å². The van der Waals surface area contributed by atoms with E-state index in [-0.39, 0.29) is 0 Å². The van der Waals surface area contributed by atoms with Gasteiger partial charge in [0, 0.05) is 5.70 Å². The van der Waals surface area contributed by atoms with Crippen LogP contribution >= 0.6 is 0 Å². The van der Waals surface area contributed by atoms with Crippen LogP contribution in [0.3, 0.4) is 0 Å². The highest BCUT2D eigenvalue weighted by Crippen LogP contribution is 2.16. The van der Waals surface area contributed by atoms with Crippen LogP contribution < -0.4 is 5.73 Å². The summed E-state index contributed by atoms with van der Waals surface area (Å²) in [7, 11) is 0. The van der Waals surface area contributed by atoms with Gasteiger partial charge in [-0.3, -0.25) is 0 Å². The molecule has 0 saturated carbocycles. The monoisotopic (exact) mass is 161 g/mol. The van der Waals surface area contributed by atoms with Gasteiger partial charge in [-0.2, -0.15) is 0 Å². The van der Waals surface area contributed by atoms with Crippen molar-refractivity contribution in [2.45, 2.75) is 20.8 Å². The number of allylic oxidation sites excluding steroid dienone is 2. The third-order valence-electron chi connectivity index (χ3n) is 2.04. The molecule has 0 radical (unpaired) electrons. The highest BCUT2D eigenvalue weighted by atomic mass is 14.6. The first kappa shape index (κ1) is 8.85. The Morgan fingerprint density at radius 1 is 1.25 bits per heavy atom. The quantitative estimate of drug-likeness (QED) is 0.673. The van der Waals surface area contributed by atoms with E-state index in [0.717, 1.165) is 5.70 Å². The fraction of sp³-hybridized carbons (Fsp3) is 0.273. The first-order chi connectivity index (χ1) is 5.61. The molecule has 1 aromatic carbocycles. The minimum Gasteiger partial charge on any atom is -0.402 e. The molecule has 0 amide bonds. The van der Waals surface area contributed by atoms with Gasteiger partial charge in [-0.05, 0) is 31.9 Å². The molecule has 0 spiro atoms. The second kappa shape index (κ2) is 3.44. The maximum absolute atomic E-state index is 5.70. The van der Waals surface area contributed by atoms with E-state index >= 15 is 0 Å². The van der Waals surface area contributed by atoms with Crippen LogP contribution in [0.1, 0.15) is 25.0 Å². The Hall–Kier alpha value is -1.24. The summed E-state index contributed by atoms with van der Waals surface area (Å²) in [6, 6.07) is 8.37. The SMILES string of the molecule is C/C(N)=C(\C)c1cccc(C)c1. The van der Waals surface area contributed by atoms with E-state index in [0.29, 0.717) is 0 Å². The summed E-state index contributed by atoms with van der Waals surface area (Å²) in [5, 5.41) is 0. The van der Waals surface area contributed by atoms with Crippen molar-refractivity contribution in [3.05, 3.63) is 41.1 Å². The van der Waals surface area contributed by atoms with Crippen LogP contribution in [0.5, 0.6) is 0 Å². The summed E-state index contributed by atoms with van der Waals surface area (Å²) in [5.41, 5.74) is 10.2. The van der Waals surface area contributed by atoms with E-state index in [9.17, 15) is 0 Å². The van der Waals surface area contributed by atoms with Crippen molar-refractivity contribution in [3.8, 4) is 0 Å². The standard InChI is InChI=1S/C11H15N/c1-8-5-4-6-11(7-8)9(2)10(3)12/h4-7H,12H2,1-3H3/b10-9-. The normalized spacial score (nSPS) is 12.6. The maximum Gasteiger partial charge on any atom is 0.00846 e. The molecule has 0 saturated heterocycles. The molecule has 0 bridgehead atoms. The smallest absolute Gasteiger partial charge is 0.00846 e. The van der Waals surface area contributed by atoms with Gasteiger partial charge in [-0.25, -0.2) is 0 Å². The summed E-state index contributed by atoms with van der Waals surface area (Å²) in [4.78, 5) is 0. The summed E-state index contributed by atoms with van der Waals surface area (Å²) < 4.78 is 0. The molecule has 1 aromatic rings. The Labute approximate surface area is 73.9 Å². The fourth-order valence-electron chi connectivity index (χ4n) is 1.11. The topological polar surface area (TPSA) is 26.0 Å². The second-order valence-electron chi connectivity index (χ2n) is 3.18. The van der Waals surface area contributed by atoms with Gasteiger partial charge >= 0.3 is 0 Å². The summed E-state index contributed by atoms with van der Waals surface area (Å²) in [5.74, 6) is 0. The van der Waals surface area contributed by atoms with Crippen molar-refractivity contribution >= 4 is 5.57 Å².